The summed E-state index contributed by atoms with van der Waals surface area (Å²) in [4.78, 5) is 35.1. The summed E-state index contributed by atoms with van der Waals surface area (Å²) in [6, 6.07) is 5.84. The molecule has 142 valence electrons. The smallest absolute Gasteiger partial charge is 0.308 e. The molecule has 0 saturated carbocycles. The van der Waals surface area contributed by atoms with Crippen molar-refractivity contribution in [2.75, 3.05) is 24.7 Å². The van der Waals surface area contributed by atoms with Gasteiger partial charge in [-0.15, -0.1) is 0 Å². The molecule has 0 radical (unpaired) electrons. The highest BCUT2D eigenvalue weighted by Crippen LogP contribution is 2.11. The van der Waals surface area contributed by atoms with E-state index in [-0.39, 0.29) is 30.4 Å². The maximum absolute atomic E-state index is 11.8. The summed E-state index contributed by atoms with van der Waals surface area (Å²) >= 11 is 5.73. The molecule has 2 rings (SSSR count). The molecule has 1 fully saturated rings. The van der Waals surface area contributed by atoms with Crippen LogP contribution in [0.1, 0.15) is 23.2 Å². The third-order valence-corrected chi connectivity index (χ3v) is 5.70. The van der Waals surface area contributed by atoms with Crippen LogP contribution in [0.2, 0.25) is 5.02 Å². The molecule has 1 aromatic carbocycles. The molecule has 0 aliphatic carbocycles. The summed E-state index contributed by atoms with van der Waals surface area (Å²) in [7, 11) is -3.09. The summed E-state index contributed by atoms with van der Waals surface area (Å²) in [6.07, 6.45) is 0.267. The molecule has 1 saturated heterocycles. The van der Waals surface area contributed by atoms with Crippen molar-refractivity contribution in [2.45, 2.75) is 18.9 Å². The van der Waals surface area contributed by atoms with Crippen LogP contribution in [0.4, 0.5) is 0 Å². The van der Waals surface area contributed by atoms with E-state index in [2.05, 4.69) is 10.6 Å². The lowest BCUT2D eigenvalue weighted by atomic mass is 10.2. The van der Waals surface area contributed by atoms with E-state index < -0.39 is 34.4 Å². The maximum atomic E-state index is 11.8. The average Bonchev–Trinajstić information content (AvgIpc) is 2.92. The Morgan fingerprint density at radius 1 is 1.19 bits per heavy atom. The fourth-order valence-electron chi connectivity index (χ4n) is 2.38. The van der Waals surface area contributed by atoms with Gasteiger partial charge in [-0.2, -0.15) is 0 Å². The zero-order valence-corrected chi connectivity index (χ0v) is 15.4. The fraction of sp³-hybridized carbons (Fsp3) is 0.438. The Morgan fingerprint density at radius 3 is 2.50 bits per heavy atom. The number of ether oxygens (including phenoxy) is 1. The van der Waals surface area contributed by atoms with E-state index in [0.717, 1.165) is 0 Å². The lowest BCUT2D eigenvalue weighted by Gasteiger charge is -2.11. The van der Waals surface area contributed by atoms with Crippen LogP contribution in [0.25, 0.3) is 0 Å². The number of benzene rings is 1. The van der Waals surface area contributed by atoms with Gasteiger partial charge in [-0.25, -0.2) is 8.42 Å². The van der Waals surface area contributed by atoms with Crippen molar-refractivity contribution in [1.82, 2.24) is 10.6 Å². The van der Waals surface area contributed by atoms with Crippen molar-refractivity contribution < 1.29 is 27.5 Å². The second-order valence-electron chi connectivity index (χ2n) is 5.84. The topological polar surface area (TPSA) is 119 Å². The van der Waals surface area contributed by atoms with Gasteiger partial charge in [-0.1, -0.05) is 11.6 Å². The summed E-state index contributed by atoms with van der Waals surface area (Å²) in [5, 5.41) is 5.58. The van der Waals surface area contributed by atoms with Crippen LogP contribution in [0.5, 0.6) is 0 Å². The predicted octanol–water partition coefficient (Wildman–Crippen LogP) is 0.306. The zero-order valence-electron chi connectivity index (χ0n) is 13.9. The van der Waals surface area contributed by atoms with Crippen molar-refractivity contribution in [2.24, 2.45) is 0 Å². The van der Waals surface area contributed by atoms with Crippen LogP contribution in [0.3, 0.4) is 0 Å². The van der Waals surface area contributed by atoms with Crippen molar-refractivity contribution in [3.63, 3.8) is 0 Å². The Bertz CT molecular complexity index is 778. The van der Waals surface area contributed by atoms with Gasteiger partial charge in [-0.3, -0.25) is 14.4 Å². The molecule has 0 aromatic heterocycles. The first kappa shape index (κ1) is 20.2. The summed E-state index contributed by atoms with van der Waals surface area (Å²) in [5.41, 5.74) is 0.411. The summed E-state index contributed by atoms with van der Waals surface area (Å²) in [6.45, 7) is -0.427. The second-order valence-corrected chi connectivity index (χ2v) is 8.51. The molecule has 1 aliphatic rings. The van der Waals surface area contributed by atoms with E-state index in [1.807, 2.05) is 0 Å². The number of esters is 1. The SMILES string of the molecule is O=C(COC(=O)CCNC(=O)c1ccc(Cl)cc1)N[C@H]1CCS(=O)(=O)C1. The van der Waals surface area contributed by atoms with E-state index in [0.29, 0.717) is 17.0 Å². The third kappa shape index (κ3) is 6.64. The van der Waals surface area contributed by atoms with E-state index in [1.165, 1.54) is 0 Å². The number of hydrogen-bond donors (Lipinski definition) is 2. The van der Waals surface area contributed by atoms with E-state index >= 15 is 0 Å². The first-order valence-corrected chi connectivity index (χ1v) is 10.1. The molecule has 0 unspecified atom stereocenters. The molecular weight excluding hydrogens is 384 g/mol. The first-order chi connectivity index (χ1) is 12.2. The number of halogens is 1. The van der Waals surface area contributed by atoms with Gasteiger partial charge >= 0.3 is 5.97 Å². The van der Waals surface area contributed by atoms with Gasteiger partial charge in [-0.05, 0) is 30.7 Å². The number of amides is 2. The Morgan fingerprint density at radius 2 is 1.88 bits per heavy atom. The average molecular weight is 403 g/mol. The Labute approximate surface area is 156 Å². The van der Waals surface area contributed by atoms with E-state index in [4.69, 9.17) is 16.3 Å². The number of hydrogen-bond acceptors (Lipinski definition) is 6. The highest BCUT2D eigenvalue weighted by atomic mass is 35.5. The summed E-state index contributed by atoms with van der Waals surface area (Å²) in [5.74, 6) is -1.59. The number of nitrogens with one attached hydrogen (secondary N) is 2. The molecule has 2 amide bonds. The molecule has 26 heavy (non-hydrogen) atoms. The maximum Gasteiger partial charge on any atom is 0.308 e. The van der Waals surface area contributed by atoms with Gasteiger partial charge in [0.1, 0.15) is 0 Å². The normalized spacial score (nSPS) is 18.1. The fourth-order valence-corrected chi connectivity index (χ4v) is 4.18. The highest BCUT2D eigenvalue weighted by molar-refractivity contribution is 7.91. The number of rotatable bonds is 7. The predicted molar refractivity (Wildman–Crippen MR) is 94.6 cm³/mol. The largest absolute Gasteiger partial charge is 0.456 e. The number of carbonyl (C=O) groups excluding carboxylic acids is 3. The molecule has 1 aromatic rings. The van der Waals surface area contributed by atoms with Crippen molar-refractivity contribution in [3.8, 4) is 0 Å². The zero-order chi connectivity index (χ0) is 19.2. The van der Waals surface area contributed by atoms with E-state index in [1.54, 1.807) is 24.3 Å². The Kier molecular flexibility index (Phi) is 6.98. The van der Waals surface area contributed by atoms with Gasteiger partial charge in [0.25, 0.3) is 11.8 Å². The van der Waals surface area contributed by atoms with Crippen LogP contribution >= 0.6 is 11.6 Å². The quantitative estimate of drug-likeness (QED) is 0.633. The minimum atomic E-state index is -3.09. The van der Waals surface area contributed by atoms with Gasteiger partial charge in [0.15, 0.2) is 16.4 Å². The van der Waals surface area contributed by atoms with Crippen LogP contribution < -0.4 is 10.6 Å². The van der Waals surface area contributed by atoms with E-state index in [9.17, 15) is 22.8 Å². The van der Waals surface area contributed by atoms with Crippen LogP contribution in [0.15, 0.2) is 24.3 Å². The number of sulfone groups is 1. The third-order valence-electron chi connectivity index (χ3n) is 3.68. The summed E-state index contributed by atoms with van der Waals surface area (Å²) < 4.78 is 27.4. The van der Waals surface area contributed by atoms with Crippen LogP contribution in [0, 0.1) is 0 Å². The van der Waals surface area contributed by atoms with Crippen molar-refractivity contribution in [1.29, 1.82) is 0 Å². The molecular formula is C16H19ClN2O6S. The monoisotopic (exact) mass is 402 g/mol. The number of carbonyl (C=O) groups is 3. The molecule has 10 heteroatoms. The molecule has 1 aliphatic heterocycles. The second kappa shape index (κ2) is 9.00. The molecule has 1 atom stereocenters. The first-order valence-electron chi connectivity index (χ1n) is 7.94. The van der Waals surface area contributed by atoms with Gasteiger partial charge in [0, 0.05) is 23.2 Å². The minimum Gasteiger partial charge on any atom is -0.456 e. The molecule has 0 spiro atoms. The lowest BCUT2D eigenvalue weighted by molar-refractivity contribution is -0.148. The molecule has 8 nitrogen and oxygen atoms in total. The standard InChI is InChI=1S/C16H19ClN2O6S/c17-12-3-1-11(2-4-12)16(22)18-7-5-15(21)25-9-14(20)19-13-6-8-26(23,24)10-13/h1-4,13H,5-10H2,(H,18,22)(H,19,20)/t13-/m0/s1. The Balaban J connectivity index is 1.62. The van der Waals surface area contributed by atoms with Crippen LogP contribution in [-0.4, -0.2) is 56.9 Å². The van der Waals surface area contributed by atoms with Crippen molar-refractivity contribution in [3.05, 3.63) is 34.9 Å². The van der Waals surface area contributed by atoms with Gasteiger partial charge in [0.2, 0.25) is 0 Å². The molecule has 2 N–H and O–H groups in total. The Hall–Kier alpha value is -2.13. The lowest BCUT2D eigenvalue weighted by Crippen LogP contribution is -2.38. The van der Waals surface area contributed by atoms with Gasteiger partial charge < -0.3 is 15.4 Å². The molecule has 0 bridgehead atoms. The van der Waals surface area contributed by atoms with Crippen LogP contribution in [-0.2, 0) is 24.2 Å². The molecule has 1 heterocycles. The van der Waals surface area contributed by atoms with Gasteiger partial charge in [0.05, 0.1) is 17.9 Å². The minimum absolute atomic E-state index is 0.0467. The highest BCUT2D eigenvalue weighted by Gasteiger charge is 2.29. The van der Waals surface area contributed by atoms with Crippen molar-refractivity contribution >= 4 is 39.2 Å².